The third-order valence-electron chi connectivity index (χ3n) is 2.73. The topological polar surface area (TPSA) is 41.6 Å². The van der Waals surface area contributed by atoms with Crippen LogP contribution in [0.2, 0.25) is 0 Å². The Balaban J connectivity index is 2.57. The molecule has 0 aliphatic rings. The van der Waals surface area contributed by atoms with Gasteiger partial charge in [0.05, 0.1) is 13.2 Å². The highest BCUT2D eigenvalue weighted by atomic mass is 16.5. The number of nitrogens with one attached hydrogen (secondary N) is 1. The van der Waals surface area contributed by atoms with Gasteiger partial charge in [0, 0.05) is 26.4 Å². The van der Waals surface area contributed by atoms with Crippen LogP contribution in [0.25, 0.3) is 0 Å². The number of likely N-dealkylation sites (N-methyl/N-ethyl adjacent to an activating group) is 1. The Kier molecular flexibility index (Phi) is 5.82. The van der Waals surface area contributed by atoms with E-state index in [1.54, 1.807) is 19.1 Å². The van der Waals surface area contributed by atoms with Crippen LogP contribution in [-0.2, 0) is 9.53 Å². The van der Waals surface area contributed by atoms with Crippen molar-refractivity contribution in [2.24, 2.45) is 0 Å². The third kappa shape index (κ3) is 4.47. The van der Waals surface area contributed by atoms with Gasteiger partial charge in [0.1, 0.15) is 0 Å². The van der Waals surface area contributed by atoms with Gasteiger partial charge in [0.25, 0.3) is 0 Å². The Labute approximate surface area is 109 Å². The Hall–Kier alpha value is -1.39. The molecule has 0 aliphatic carbocycles. The normalized spacial score (nSPS) is 10.4. The Morgan fingerprint density at radius 3 is 2.44 bits per heavy atom. The molecule has 1 aromatic carbocycles. The Morgan fingerprint density at radius 1 is 1.28 bits per heavy atom. The van der Waals surface area contributed by atoms with E-state index in [-0.39, 0.29) is 5.91 Å². The maximum atomic E-state index is 12.0. The molecule has 0 spiro atoms. The molecule has 0 radical (unpaired) electrons. The molecule has 0 aliphatic heterocycles. The summed E-state index contributed by atoms with van der Waals surface area (Å²) in [6, 6.07) is 6.12. The molecule has 0 atom stereocenters. The van der Waals surface area contributed by atoms with E-state index in [0.29, 0.717) is 19.7 Å². The average Bonchev–Trinajstić information content (AvgIpc) is 2.32. The number of carbonyl (C=O) groups is 1. The van der Waals surface area contributed by atoms with Crippen molar-refractivity contribution in [1.82, 2.24) is 5.32 Å². The molecule has 0 saturated carbocycles. The molecule has 0 bridgehead atoms. The maximum absolute atomic E-state index is 12.0. The van der Waals surface area contributed by atoms with E-state index < -0.39 is 0 Å². The number of carbonyl (C=O) groups excluding carboxylic acids is 1. The molecule has 1 N–H and O–H groups in total. The van der Waals surface area contributed by atoms with Crippen LogP contribution >= 0.6 is 0 Å². The first-order valence-corrected chi connectivity index (χ1v) is 6.09. The number of ether oxygens (including phenoxy) is 1. The summed E-state index contributed by atoms with van der Waals surface area (Å²) in [4.78, 5) is 13.6. The van der Waals surface area contributed by atoms with Crippen molar-refractivity contribution >= 4 is 11.6 Å². The lowest BCUT2D eigenvalue weighted by molar-refractivity contribution is -0.117. The van der Waals surface area contributed by atoms with Gasteiger partial charge in [-0.25, -0.2) is 0 Å². The highest BCUT2D eigenvalue weighted by Gasteiger charge is 2.10. The molecule has 100 valence electrons. The smallest absolute Gasteiger partial charge is 0.240 e. The van der Waals surface area contributed by atoms with Gasteiger partial charge in [-0.05, 0) is 37.1 Å². The molecule has 0 unspecified atom stereocenters. The zero-order valence-corrected chi connectivity index (χ0v) is 11.6. The fraction of sp³-hybridized carbons (Fsp3) is 0.500. The molecule has 0 saturated heterocycles. The van der Waals surface area contributed by atoms with E-state index >= 15 is 0 Å². The highest BCUT2D eigenvalue weighted by molar-refractivity contribution is 5.94. The standard InChI is InChI=1S/C14H22N2O2/c1-11-7-12(2)9-13(8-11)16(3)14(17)10-15-5-6-18-4/h7-9,15H,5-6,10H2,1-4H3. The van der Waals surface area contributed by atoms with Gasteiger partial charge in [0.2, 0.25) is 5.91 Å². The second-order valence-corrected chi connectivity index (χ2v) is 4.47. The first-order chi connectivity index (χ1) is 8.54. The van der Waals surface area contributed by atoms with Gasteiger partial charge < -0.3 is 15.0 Å². The molecular formula is C14H22N2O2. The Morgan fingerprint density at radius 2 is 1.89 bits per heavy atom. The molecule has 0 aromatic heterocycles. The maximum Gasteiger partial charge on any atom is 0.240 e. The lowest BCUT2D eigenvalue weighted by Gasteiger charge is -2.19. The van der Waals surface area contributed by atoms with Crippen LogP contribution in [0, 0.1) is 13.8 Å². The first-order valence-electron chi connectivity index (χ1n) is 6.09. The largest absolute Gasteiger partial charge is 0.383 e. The van der Waals surface area contributed by atoms with E-state index in [9.17, 15) is 4.79 Å². The second kappa shape index (κ2) is 7.13. The molecule has 1 amide bonds. The SMILES string of the molecule is COCCNCC(=O)N(C)c1cc(C)cc(C)c1. The van der Waals surface area contributed by atoms with Crippen LogP contribution in [0.4, 0.5) is 5.69 Å². The minimum Gasteiger partial charge on any atom is -0.383 e. The summed E-state index contributed by atoms with van der Waals surface area (Å²) in [5, 5.41) is 3.05. The summed E-state index contributed by atoms with van der Waals surface area (Å²) in [6.07, 6.45) is 0. The predicted molar refractivity (Wildman–Crippen MR) is 74.1 cm³/mol. The van der Waals surface area contributed by atoms with Crippen molar-refractivity contribution < 1.29 is 9.53 Å². The summed E-state index contributed by atoms with van der Waals surface area (Å²) in [6.45, 7) is 5.69. The molecule has 4 nitrogen and oxygen atoms in total. The number of methoxy groups -OCH3 is 1. The number of hydrogen-bond acceptors (Lipinski definition) is 3. The van der Waals surface area contributed by atoms with Crippen molar-refractivity contribution in [1.29, 1.82) is 0 Å². The van der Waals surface area contributed by atoms with Gasteiger partial charge in [-0.1, -0.05) is 6.07 Å². The van der Waals surface area contributed by atoms with Crippen LogP contribution in [0.1, 0.15) is 11.1 Å². The highest BCUT2D eigenvalue weighted by Crippen LogP contribution is 2.17. The number of amides is 1. The molecule has 1 aromatic rings. The van der Waals surface area contributed by atoms with Gasteiger partial charge in [-0.15, -0.1) is 0 Å². The predicted octanol–water partition coefficient (Wildman–Crippen LogP) is 1.50. The summed E-state index contributed by atoms with van der Waals surface area (Å²) in [7, 11) is 3.44. The van der Waals surface area contributed by atoms with Gasteiger partial charge in [0.15, 0.2) is 0 Å². The van der Waals surface area contributed by atoms with E-state index in [0.717, 1.165) is 16.8 Å². The number of benzene rings is 1. The summed E-state index contributed by atoms with van der Waals surface area (Å²) >= 11 is 0. The Bertz CT molecular complexity index is 385. The van der Waals surface area contributed by atoms with E-state index in [2.05, 4.69) is 11.4 Å². The van der Waals surface area contributed by atoms with Crippen LogP contribution in [0.5, 0.6) is 0 Å². The summed E-state index contributed by atoms with van der Waals surface area (Å²) in [5.41, 5.74) is 3.26. The minimum atomic E-state index is 0.0519. The van der Waals surface area contributed by atoms with Gasteiger partial charge in [-0.3, -0.25) is 4.79 Å². The number of anilines is 1. The van der Waals surface area contributed by atoms with E-state index in [1.807, 2.05) is 26.0 Å². The second-order valence-electron chi connectivity index (χ2n) is 4.47. The zero-order chi connectivity index (χ0) is 13.5. The van der Waals surface area contributed by atoms with E-state index in [4.69, 9.17) is 4.74 Å². The molecule has 0 heterocycles. The average molecular weight is 250 g/mol. The lowest BCUT2D eigenvalue weighted by atomic mass is 10.1. The summed E-state index contributed by atoms with van der Waals surface area (Å²) < 4.78 is 4.91. The third-order valence-corrected chi connectivity index (χ3v) is 2.73. The van der Waals surface area contributed by atoms with Gasteiger partial charge >= 0.3 is 0 Å². The first kappa shape index (κ1) is 14.7. The minimum absolute atomic E-state index is 0.0519. The van der Waals surface area contributed by atoms with Crippen molar-refractivity contribution in [3.05, 3.63) is 29.3 Å². The van der Waals surface area contributed by atoms with Crippen molar-refractivity contribution in [3.63, 3.8) is 0 Å². The van der Waals surface area contributed by atoms with Crippen LogP contribution in [-0.4, -0.2) is 39.8 Å². The number of aryl methyl sites for hydroxylation is 2. The monoisotopic (exact) mass is 250 g/mol. The molecule has 4 heteroatoms. The number of rotatable bonds is 6. The fourth-order valence-corrected chi connectivity index (χ4v) is 1.78. The molecular weight excluding hydrogens is 228 g/mol. The van der Waals surface area contributed by atoms with Gasteiger partial charge in [-0.2, -0.15) is 0 Å². The quantitative estimate of drug-likeness (QED) is 0.778. The summed E-state index contributed by atoms with van der Waals surface area (Å²) in [5.74, 6) is 0.0519. The molecule has 1 rings (SSSR count). The number of nitrogens with zero attached hydrogens (tertiary/aromatic N) is 1. The van der Waals surface area contributed by atoms with Crippen LogP contribution in [0.3, 0.4) is 0 Å². The number of hydrogen-bond donors (Lipinski definition) is 1. The van der Waals surface area contributed by atoms with Crippen molar-refractivity contribution in [3.8, 4) is 0 Å². The van der Waals surface area contributed by atoms with Crippen molar-refractivity contribution in [2.45, 2.75) is 13.8 Å². The van der Waals surface area contributed by atoms with Crippen molar-refractivity contribution in [2.75, 3.05) is 38.8 Å². The van der Waals surface area contributed by atoms with Crippen LogP contribution in [0.15, 0.2) is 18.2 Å². The molecule has 18 heavy (non-hydrogen) atoms. The fourth-order valence-electron chi connectivity index (χ4n) is 1.78. The van der Waals surface area contributed by atoms with Crippen LogP contribution < -0.4 is 10.2 Å². The molecule has 0 fully saturated rings. The lowest BCUT2D eigenvalue weighted by Crippen LogP contribution is -2.36. The zero-order valence-electron chi connectivity index (χ0n) is 11.6. The van der Waals surface area contributed by atoms with E-state index in [1.165, 1.54) is 0 Å².